The van der Waals surface area contributed by atoms with Crippen LogP contribution in [0, 0.1) is 10.1 Å². The van der Waals surface area contributed by atoms with Crippen molar-refractivity contribution in [2.45, 2.75) is 12.5 Å². The summed E-state index contributed by atoms with van der Waals surface area (Å²) < 4.78 is 10.5. The number of amides is 1. The summed E-state index contributed by atoms with van der Waals surface area (Å²) in [7, 11) is 0. The van der Waals surface area contributed by atoms with E-state index in [1.807, 2.05) is 0 Å². The van der Waals surface area contributed by atoms with Gasteiger partial charge in [-0.15, -0.1) is 0 Å². The summed E-state index contributed by atoms with van der Waals surface area (Å²) in [5.74, 6) is -0.604. The summed E-state index contributed by atoms with van der Waals surface area (Å²) in [6.45, 7) is 0.0809. The van der Waals surface area contributed by atoms with Crippen molar-refractivity contribution in [2.24, 2.45) is 0 Å². The number of hydrogen-bond donors (Lipinski definition) is 2. The first-order valence-electron chi connectivity index (χ1n) is 7.60. The normalized spacial score (nSPS) is 13.1. The molecule has 26 heavy (non-hydrogen) atoms. The number of rotatable bonds is 6. The van der Waals surface area contributed by atoms with Crippen LogP contribution < -0.4 is 14.8 Å². The van der Waals surface area contributed by atoms with E-state index in [0.717, 1.165) is 0 Å². The molecule has 2 N–H and O–H groups in total. The van der Waals surface area contributed by atoms with E-state index in [4.69, 9.17) is 14.6 Å². The number of carboxylic acids is 1. The van der Waals surface area contributed by atoms with Crippen LogP contribution in [0.15, 0.2) is 42.5 Å². The molecule has 1 amide bonds. The number of carbonyl (C=O) groups is 2. The summed E-state index contributed by atoms with van der Waals surface area (Å²) in [5, 5.41) is 22.4. The molecule has 1 unspecified atom stereocenters. The standard InChI is InChI=1S/C17H14N2O7/c20-16(21)8-13(11-3-6-14-15(7-11)26-9-25-14)18-17(22)10-1-4-12(5-2-10)19(23)24/h1-7,13H,8-9H2,(H,18,22)(H,20,21). The van der Waals surface area contributed by atoms with Crippen LogP contribution in [-0.2, 0) is 4.79 Å². The van der Waals surface area contributed by atoms with Crippen molar-refractivity contribution in [3.63, 3.8) is 0 Å². The SMILES string of the molecule is O=C(O)CC(NC(=O)c1ccc([N+](=O)[O-])cc1)c1ccc2c(c1)OCO2. The van der Waals surface area contributed by atoms with Crippen molar-refractivity contribution < 1.29 is 29.1 Å². The lowest BCUT2D eigenvalue weighted by molar-refractivity contribution is -0.384. The van der Waals surface area contributed by atoms with Crippen molar-refractivity contribution in [3.05, 3.63) is 63.7 Å². The number of fused-ring (bicyclic) bond motifs is 1. The van der Waals surface area contributed by atoms with Crippen molar-refractivity contribution in [3.8, 4) is 11.5 Å². The molecule has 1 aliphatic heterocycles. The highest BCUT2D eigenvalue weighted by molar-refractivity contribution is 5.94. The number of nitrogens with one attached hydrogen (secondary N) is 1. The fraction of sp³-hybridized carbons (Fsp3) is 0.176. The minimum absolute atomic E-state index is 0.0809. The molecule has 0 bridgehead atoms. The quantitative estimate of drug-likeness (QED) is 0.599. The highest BCUT2D eigenvalue weighted by Crippen LogP contribution is 2.34. The van der Waals surface area contributed by atoms with E-state index >= 15 is 0 Å². The van der Waals surface area contributed by atoms with E-state index in [9.17, 15) is 19.7 Å². The molecule has 0 saturated heterocycles. The van der Waals surface area contributed by atoms with Crippen LogP contribution in [0.3, 0.4) is 0 Å². The predicted octanol–water partition coefficient (Wildman–Crippen LogP) is 2.27. The summed E-state index contributed by atoms with van der Waals surface area (Å²) >= 11 is 0. The Morgan fingerprint density at radius 3 is 2.50 bits per heavy atom. The van der Waals surface area contributed by atoms with Crippen LogP contribution in [0.5, 0.6) is 11.5 Å². The van der Waals surface area contributed by atoms with Gasteiger partial charge < -0.3 is 19.9 Å². The van der Waals surface area contributed by atoms with Crippen LogP contribution in [0.2, 0.25) is 0 Å². The molecule has 2 aromatic carbocycles. The van der Waals surface area contributed by atoms with Gasteiger partial charge in [0.15, 0.2) is 11.5 Å². The van der Waals surface area contributed by atoms with Gasteiger partial charge in [0.25, 0.3) is 11.6 Å². The van der Waals surface area contributed by atoms with Crippen molar-refractivity contribution in [2.75, 3.05) is 6.79 Å². The Bertz CT molecular complexity index is 864. The van der Waals surface area contributed by atoms with Gasteiger partial charge in [-0.1, -0.05) is 6.07 Å². The number of non-ortho nitro benzene ring substituents is 1. The lowest BCUT2D eigenvalue weighted by atomic mass is 10.0. The van der Waals surface area contributed by atoms with Crippen molar-refractivity contribution in [1.29, 1.82) is 0 Å². The maximum atomic E-state index is 12.4. The highest BCUT2D eigenvalue weighted by Gasteiger charge is 2.22. The van der Waals surface area contributed by atoms with Crippen LogP contribution in [0.1, 0.15) is 28.4 Å². The number of carbonyl (C=O) groups excluding carboxylic acids is 1. The number of aliphatic carboxylic acids is 1. The van der Waals surface area contributed by atoms with Gasteiger partial charge in [0.1, 0.15) is 0 Å². The second-order valence-corrected chi connectivity index (χ2v) is 5.54. The third-order valence-corrected chi connectivity index (χ3v) is 3.82. The summed E-state index contributed by atoms with van der Waals surface area (Å²) in [6.07, 6.45) is -0.335. The first kappa shape index (κ1) is 17.2. The fourth-order valence-electron chi connectivity index (χ4n) is 2.53. The van der Waals surface area contributed by atoms with Gasteiger partial charge in [0.2, 0.25) is 6.79 Å². The third kappa shape index (κ3) is 3.72. The fourth-order valence-corrected chi connectivity index (χ4v) is 2.53. The van der Waals surface area contributed by atoms with Crippen LogP contribution in [0.4, 0.5) is 5.69 Å². The van der Waals surface area contributed by atoms with Gasteiger partial charge in [-0.25, -0.2) is 0 Å². The largest absolute Gasteiger partial charge is 0.481 e. The van der Waals surface area contributed by atoms with E-state index in [1.54, 1.807) is 18.2 Å². The second-order valence-electron chi connectivity index (χ2n) is 5.54. The summed E-state index contributed by atoms with van der Waals surface area (Å²) in [4.78, 5) is 33.7. The molecule has 1 heterocycles. The monoisotopic (exact) mass is 358 g/mol. The van der Waals surface area contributed by atoms with Crippen LogP contribution in [0.25, 0.3) is 0 Å². The Morgan fingerprint density at radius 1 is 1.15 bits per heavy atom. The zero-order valence-electron chi connectivity index (χ0n) is 13.4. The minimum atomic E-state index is -1.09. The molecule has 0 aromatic heterocycles. The van der Waals surface area contributed by atoms with Gasteiger partial charge in [-0.2, -0.15) is 0 Å². The topological polar surface area (TPSA) is 128 Å². The van der Waals surface area contributed by atoms with Gasteiger partial charge in [0, 0.05) is 17.7 Å². The van der Waals surface area contributed by atoms with E-state index in [-0.39, 0.29) is 24.5 Å². The lowest BCUT2D eigenvalue weighted by Crippen LogP contribution is -2.30. The number of benzene rings is 2. The average molecular weight is 358 g/mol. The molecule has 2 aromatic rings. The molecule has 0 fully saturated rings. The van der Waals surface area contributed by atoms with E-state index < -0.39 is 22.8 Å². The Labute approximate surface area is 147 Å². The predicted molar refractivity (Wildman–Crippen MR) is 88.1 cm³/mol. The molecule has 9 nitrogen and oxygen atoms in total. The van der Waals surface area contributed by atoms with Crippen molar-refractivity contribution in [1.82, 2.24) is 5.32 Å². The van der Waals surface area contributed by atoms with Gasteiger partial charge in [-0.3, -0.25) is 19.7 Å². The lowest BCUT2D eigenvalue weighted by Gasteiger charge is -2.18. The van der Waals surface area contributed by atoms with Gasteiger partial charge >= 0.3 is 5.97 Å². The molecule has 0 spiro atoms. The van der Waals surface area contributed by atoms with Crippen LogP contribution in [-0.4, -0.2) is 28.7 Å². The first-order valence-corrected chi connectivity index (χ1v) is 7.60. The maximum absolute atomic E-state index is 12.4. The van der Waals surface area contributed by atoms with Gasteiger partial charge in [-0.05, 0) is 29.8 Å². The number of nitrogens with zero attached hydrogens (tertiary/aromatic N) is 1. The van der Waals surface area contributed by atoms with E-state index in [0.29, 0.717) is 17.1 Å². The summed E-state index contributed by atoms with van der Waals surface area (Å²) in [5.41, 5.74) is 0.595. The molecule has 134 valence electrons. The van der Waals surface area contributed by atoms with Crippen molar-refractivity contribution >= 4 is 17.6 Å². The Kier molecular flexibility index (Phi) is 4.70. The molecule has 0 saturated carbocycles. The number of ether oxygens (including phenoxy) is 2. The molecule has 1 aliphatic rings. The minimum Gasteiger partial charge on any atom is -0.481 e. The maximum Gasteiger partial charge on any atom is 0.305 e. The number of carboxylic acid groups (broad SMARTS) is 1. The molecule has 0 radical (unpaired) electrons. The molecular formula is C17H14N2O7. The molecule has 3 rings (SSSR count). The Hall–Kier alpha value is -3.62. The second kappa shape index (κ2) is 7.09. The first-order chi connectivity index (χ1) is 12.4. The highest BCUT2D eigenvalue weighted by atomic mass is 16.7. The van der Waals surface area contributed by atoms with Gasteiger partial charge in [0.05, 0.1) is 17.4 Å². The number of nitro benzene ring substituents is 1. The van der Waals surface area contributed by atoms with Crippen LogP contribution >= 0.6 is 0 Å². The molecule has 9 heteroatoms. The Balaban J connectivity index is 1.80. The summed E-state index contributed by atoms with van der Waals surface area (Å²) in [6, 6.07) is 9.15. The Morgan fingerprint density at radius 2 is 1.85 bits per heavy atom. The number of nitro groups is 1. The smallest absolute Gasteiger partial charge is 0.305 e. The molecule has 0 aliphatic carbocycles. The molecule has 1 atom stereocenters. The average Bonchev–Trinajstić information content (AvgIpc) is 3.08. The molecular weight excluding hydrogens is 344 g/mol. The zero-order chi connectivity index (χ0) is 18.7. The number of hydrogen-bond acceptors (Lipinski definition) is 6. The van der Waals surface area contributed by atoms with E-state index in [1.165, 1.54) is 24.3 Å². The third-order valence-electron chi connectivity index (χ3n) is 3.82. The van der Waals surface area contributed by atoms with E-state index in [2.05, 4.69) is 5.32 Å². The zero-order valence-corrected chi connectivity index (χ0v) is 13.4.